The van der Waals surface area contributed by atoms with E-state index in [1.807, 2.05) is 50.2 Å². The van der Waals surface area contributed by atoms with Crippen molar-refractivity contribution in [3.8, 4) is 0 Å². The van der Waals surface area contributed by atoms with Gasteiger partial charge in [-0.1, -0.05) is 60.4 Å². The molecule has 0 radical (unpaired) electrons. The minimum absolute atomic E-state index is 0.0661. The summed E-state index contributed by atoms with van der Waals surface area (Å²) in [6, 6.07) is 13.1. The van der Waals surface area contributed by atoms with Crippen LogP contribution in [0.15, 0.2) is 58.4 Å². The Morgan fingerprint density at radius 3 is 2.71 bits per heavy atom. The van der Waals surface area contributed by atoms with Crippen molar-refractivity contribution in [1.82, 2.24) is 14.3 Å². The van der Waals surface area contributed by atoms with Gasteiger partial charge in [0, 0.05) is 12.7 Å². The van der Waals surface area contributed by atoms with E-state index in [0.717, 1.165) is 11.1 Å². The molecule has 2 N–H and O–H groups in total. The SMILES string of the molecule is Cc1ccc2nc(NCCOCCO)c(C=C3SC(=S)N(C(C)c4ccccc4)C3=O)c(=O)n2c1. The Balaban J connectivity index is 1.70. The molecule has 1 unspecified atom stereocenters. The van der Waals surface area contributed by atoms with Gasteiger partial charge in [-0.2, -0.15) is 0 Å². The van der Waals surface area contributed by atoms with Crippen molar-refractivity contribution < 1.29 is 14.6 Å². The molecule has 3 heterocycles. The third-order valence-electron chi connectivity index (χ3n) is 5.55. The highest BCUT2D eigenvalue weighted by Crippen LogP contribution is 2.38. The summed E-state index contributed by atoms with van der Waals surface area (Å²) in [5.41, 5.74) is 2.34. The average molecular weight is 511 g/mol. The summed E-state index contributed by atoms with van der Waals surface area (Å²) >= 11 is 6.71. The fourth-order valence-electron chi connectivity index (χ4n) is 3.76. The van der Waals surface area contributed by atoms with Crippen LogP contribution in [0.5, 0.6) is 0 Å². The predicted molar refractivity (Wildman–Crippen MR) is 142 cm³/mol. The van der Waals surface area contributed by atoms with Gasteiger partial charge in [0.15, 0.2) is 0 Å². The molecule has 0 bridgehead atoms. The second kappa shape index (κ2) is 11.1. The summed E-state index contributed by atoms with van der Waals surface area (Å²) in [5, 5.41) is 12.0. The summed E-state index contributed by atoms with van der Waals surface area (Å²) < 4.78 is 7.22. The van der Waals surface area contributed by atoms with Gasteiger partial charge in [0.25, 0.3) is 11.5 Å². The number of thiocarbonyl (C=S) groups is 1. The van der Waals surface area contributed by atoms with E-state index in [9.17, 15) is 9.59 Å². The summed E-state index contributed by atoms with van der Waals surface area (Å²) in [6.07, 6.45) is 3.29. The highest BCUT2D eigenvalue weighted by atomic mass is 32.2. The monoisotopic (exact) mass is 510 g/mol. The minimum atomic E-state index is -0.293. The van der Waals surface area contributed by atoms with Crippen molar-refractivity contribution in [2.45, 2.75) is 19.9 Å². The first-order chi connectivity index (χ1) is 16.9. The number of anilines is 1. The van der Waals surface area contributed by atoms with E-state index >= 15 is 0 Å². The second-order valence-corrected chi connectivity index (χ2v) is 9.69. The number of aromatic nitrogens is 2. The zero-order valence-corrected chi connectivity index (χ0v) is 21.1. The van der Waals surface area contributed by atoms with Gasteiger partial charge < -0.3 is 15.2 Å². The molecule has 0 aliphatic carbocycles. The maximum Gasteiger partial charge on any atom is 0.267 e. The molecule has 2 aromatic heterocycles. The zero-order valence-electron chi connectivity index (χ0n) is 19.4. The van der Waals surface area contributed by atoms with Crippen LogP contribution < -0.4 is 10.9 Å². The maximum atomic E-state index is 13.5. The lowest BCUT2D eigenvalue weighted by Gasteiger charge is -2.23. The minimum Gasteiger partial charge on any atom is -0.394 e. The molecular formula is C25H26N4O4S2. The summed E-state index contributed by atoms with van der Waals surface area (Å²) in [6.45, 7) is 4.68. The first kappa shape index (κ1) is 25.1. The quantitative estimate of drug-likeness (QED) is 0.257. The molecule has 0 saturated carbocycles. The molecule has 182 valence electrons. The Kier molecular flexibility index (Phi) is 7.97. The highest BCUT2D eigenvalue weighted by molar-refractivity contribution is 8.26. The number of aliphatic hydroxyl groups excluding tert-OH is 1. The maximum absolute atomic E-state index is 13.5. The molecule has 1 saturated heterocycles. The molecule has 1 aliphatic heterocycles. The number of nitrogens with one attached hydrogen (secondary N) is 1. The molecule has 1 amide bonds. The fourth-order valence-corrected chi connectivity index (χ4v) is 5.16. The lowest BCUT2D eigenvalue weighted by molar-refractivity contribution is -0.123. The van der Waals surface area contributed by atoms with E-state index in [2.05, 4.69) is 10.3 Å². The summed E-state index contributed by atoms with van der Waals surface area (Å²) in [7, 11) is 0. The van der Waals surface area contributed by atoms with Crippen LogP contribution in [0.1, 0.15) is 29.7 Å². The van der Waals surface area contributed by atoms with E-state index in [4.69, 9.17) is 22.1 Å². The topological polar surface area (TPSA) is 96.2 Å². The van der Waals surface area contributed by atoms with E-state index in [1.165, 1.54) is 16.2 Å². The fraction of sp³-hybridized carbons (Fsp3) is 0.280. The van der Waals surface area contributed by atoms with Crippen LogP contribution in [0, 0.1) is 6.92 Å². The Bertz CT molecular complexity index is 1340. The Labute approximate surface area is 212 Å². The molecular weight excluding hydrogens is 484 g/mol. The molecule has 1 aromatic carbocycles. The van der Waals surface area contributed by atoms with E-state index < -0.39 is 0 Å². The number of pyridine rings is 1. The number of carbonyl (C=O) groups excluding carboxylic acids is 1. The van der Waals surface area contributed by atoms with Gasteiger partial charge in [0.1, 0.15) is 15.8 Å². The molecule has 4 rings (SSSR count). The second-order valence-electron chi connectivity index (χ2n) is 8.02. The summed E-state index contributed by atoms with van der Waals surface area (Å²) in [4.78, 5) is 33.4. The predicted octanol–water partition coefficient (Wildman–Crippen LogP) is 3.39. The third-order valence-corrected chi connectivity index (χ3v) is 6.88. The number of hydrogen-bond donors (Lipinski definition) is 2. The van der Waals surface area contributed by atoms with E-state index in [0.29, 0.717) is 33.8 Å². The van der Waals surface area contributed by atoms with Crippen molar-refractivity contribution in [2.75, 3.05) is 31.7 Å². The van der Waals surface area contributed by atoms with E-state index in [1.54, 1.807) is 23.2 Å². The van der Waals surface area contributed by atoms with Crippen LogP contribution in [0.3, 0.4) is 0 Å². The van der Waals surface area contributed by atoms with Gasteiger partial charge in [0.2, 0.25) is 0 Å². The van der Waals surface area contributed by atoms with Crippen LogP contribution in [0.25, 0.3) is 11.7 Å². The molecule has 0 spiro atoms. The first-order valence-corrected chi connectivity index (χ1v) is 12.4. The zero-order chi connectivity index (χ0) is 24.9. The number of aliphatic hydroxyl groups is 1. The van der Waals surface area contributed by atoms with Crippen LogP contribution in [0.4, 0.5) is 5.82 Å². The third kappa shape index (κ3) is 5.46. The van der Waals surface area contributed by atoms with Gasteiger partial charge in [-0.3, -0.25) is 18.9 Å². The number of nitrogens with zero attached hydrogens (tertiary/aromatic N) is 3. The molecule has 1 aliphatic rings. The van der Waals surface area contributed by atoms with Gasteiger partial charge >= 0.3 is 0 Å². The van der Waals surface area contributed by atoms with Crippen LogP contribution in [-0.2, 0) is 9.53 Å². The highest BCUT2D eigenvalue weighted by Gasteiger charge is 2.36. The van der Waals surface area contributed by atoms with Gasteiger partial charge in [-0.25, -0.2) is 4.98 Å². The number of hydrogen-bond acceptors (Lipinski definition) is 8. The normalized spacial score (nSPS) is 15.9. The first-order valence-electron chi connectivity index (χ1n) is 11.2. The average Bonchev–Trinajstić information content (AvgIpc) is 3.14. The molecule has 1 fully saturated rings. The molecule has 10 heteroatoms. The largest absolute Gasteiger partial charge is 0.394 e. The number of carbonyl (C=O) groups is 1. The van der Waals surface area contributed by atoms with Crippen molar-refractivity contribution >= 4 is 51.7 Å². The number of amides is 1. The van der Waals surface area contributed by atoms with Crippen molar-refractivity contribution in [3.05, 3.63) is 80.6 Å². The number of aryl methyl sites for hydroxylation is 1. The van der Waals surface area contributed by atoms with Crippen molar-refractivity contribution in [1.29, 1.82) is 0 Å². The summed E-state index contributed by atoms with van der Waals surface area (Å²) in [5.74, 6) is 0.107. The Hall–Kier alpha value is -3.05. The lowest BCUT2D eigenvalue weighted by Crippen LogP contribution is -2.31. The Morgan fingerprint density at radius 2 is 1.97 bits per heavy atom. The van der Waals surface area contributed by atoms with E-state index in [-0.39, 0.29) is 36.3 Å². The van der Waals surface area contributed by atoms with Gasteiger partial charge in [-0.15, -0.1) is 0 Å². The number of ether oxygens (including phenoxy) is 1. The van der Waals surface area contributed by atoms with Crippen molar-refractivity contribution in [2.24, 2.45) is 0 Å². The molecule has 8 nitrogen and oxygen atoms in total. The number of benzene rings is 1. The smallest absolute Gasteiger partial charge is 0.267 e. The standard InChI is InChI=1S/C25H26N4O4S2/c1-16-8-9-21-27-22(26-10-12-33-13-11-30)19(23(31)28(21)15-16)14-20-24(32)29(25(34)35-20)17(2)18-6-4-3-5-7-18/h3-9,14-15,17,26,30H,10-13H2,1-2H3. The van der Waals surface area contributed by atoms with Gasteiger partial charge in [-0.05, 0) is 37.1 Å². The lowest BCUT2D eigenvalue weighted by atomic mass is 10.1. The molecule has 1 atom stereocenters. The van der Waals surface area contributed by atoms with Crippen LogP contribution >= 0.6 is 24.0 Å². The van der Waals surface area contributed by atoms with Crippen LogP contribution in [-0.4, -0.2) is 56.0 Å². The van der Waals surface area contributed by atoms with Crippen molar-refractivity contribution in [3.63, 3.8) is 0 Å². The molecule has 35 heavy (non-hydrogen) atoms. The molecule has 3 aromatic rings. The van der Waals surface area contributed by atoms with Gasteiger partial charge in [0.05, 0.1) is 36.3 Å². The number of rotatable bonds is 9. The number of fused-ring (bicyclic) bond motifs is 1. The Morgan fingerprint density at radius 1 is 1.20 bits per heavy atom. The van der Waals surface area contributed by atoms with Crippen LogP contribution in [0.2, 0.25) is 0 Å². The number of thioether (sulfide) groups is 1.